The van der Waals surface area contributed by atoms with Crippen LogP contribution in [0.2, 0.25) is 0 Å². The second-order valence-corrected chi connectivity index (χ2v) is 19.4. The largest absolute Gasteiger partial charge is 0.458 e. The second-order valence-electron chi connectivity index (χ2n) is 19.4. The van der Waals surface area contributed by atoms with Gasteiger partial charge in [0.25, 0.3) is 6.71 Å². The van der Waals surface area contributed by atoms with Crippen LogP contribution in [0.25, 0.3) is 118 Å². The summed E-state index contributed by atoms with van der Waals surface area (Å²) in [5.41, 5.74) is 16.2. The number of nitrogens with zero attached hydrogens (tertiary/aromatic N) is 8. The predicted molar refractivity (Wildman–Crippen MR) is 307 cm³/mol. The van der Waals surface area contributed by atoms with Gasteiger partial charge in [-0.3, -0.25) is 0 Å². The maximum absolute atomic E-state index is 9.78. The molecule has 10 aromatic carbocycles. The SMILES string of the molecule is N#Cc1ccc(-c2cc3c4c(c2)-n2c5ccc(-c6nc(-c7ccccc7)nc(-c7ccccc7)n6)cc5c5cc(-c6nc(-c7ccccc7)nc(-c7ccccc7)n6)cc(c52)B4c2ccc(-c4ccccc4)cc2O3)cc1. The van der Waals surface area contributed by atoms with E-state index in [1.807, 2.05) is 152 Å². The minimum absolute atomic E-state index is 0.253. The van der Waals surface area contributed by atoms with Gasteiger partial charge in [-0.25, -0.2) is 29.9 Å². The van der Waals surface area contributed by atoms with E-state index in [0.29, 0.717) is 40.5 Å². The molecule has 13 aromatic rings. The Morgan fingerprint density at radius 2 is 0.792 bits per heavy atom. The fraction of sp³-hybridized carbons (Fsp3) is 0. The number of aromatic nitrogens is 7. The topological polar surface area (TPSA) is 115 Å². The minimum Gasteiger partial charge on any atom is -0.458 e. The van der Waals surface area contributed by atoms with Crippen molar-refractivity contribution in [1.29, 1.82) is 5.26 Å². The molecule has 0 saturated heterocycles. The van der Waals surface area contributed by atoms with Crippen LogP contribution < -0.4 is 21.1 Å². The number of rotatable bonds is 8. The van der Waals surface area contributed by atoms with Crippen LogP contribution in [0.5, 0.6) is 11.5 Å². The van der Waals surface area contributed by atoms with Crippen molar-refractivity contribution >= 4 is 44.9 Å². The molecule has 3 aromatic heterocycles. The Bertz CT molecular complexity index is 4410. The third-order valence-corrected chi connectivity index (χ3v) is 14.8. The van der Waals surface area contributed by atoms with Crippen molar-refractivity contribution in [3.8, 4) is 114 Å². The van der Waals surface area contributed by atoms with Gasteiger partial charge in [-0.2, -0.15) is 5.26 Å². The molecule has 0 atom stereocenters. The molecule has 0 saturated carbocycles. The van der Waals surface area contributed by atoms with Gasteiger partial charge in [0.2, 0.25) is 0 Å². The number of fused-ring (bicyclic) bond motifs is 7. The third-order valence-electron chi connectivity index (χ3n) is 14.8. The highest BCUT2D eigenvalue weighted by Gasteiger charge is 2.41. The summed E-state index contributed by atoms with van der Waals surface area (Å²) in [7, 11) is 0. The van der Waals surface area contributed by atoms with E-state index in [1.165, 1.54) is 0 Å². The lowest BCUT2D eigenvalue weighted by Gasteiger charge is -2.34. The standard InChI is InChI=1S/C67H39BN8O/c69-40-41-26-28-43(29-27-41)50-37-57-60-59(39-50)77-58-38-48(42-16-6-1-7-17-42)30-32-54(58)68(60)55-36-51(67-74-64(46-22-12-4-13-23-46)71-65(75-67)47-24-14-5-15-25-47)35-53-52-34-49(31-33-56(52)76(57)61(53)55)66-72-62(44-18-8-2-9-19-44)70-63(73-66)45-20-10-3-11-21-45/h1-39H. The Balaban J connectivity index is 1.03. The zero-order chi connectivity index (χ0) is 51.0. The highest BCUT2D eigenvalue weighted by molar-refractivity contribution is 6.99. The first-order chi connectivity index (χ1) is 38.1. The van der Waals surface area contributed by atoms with Crippen LogP contribution >= 0.6 is 0 Å². The second kappa shape index (κ2) is 17.8. The van der Waals surface area contributed by atoms with E-state index in [4.69, 9.17) is 34.6 Å². The van der Waals surface area contributed by atoms with Gasteiger partial charge in [0.1, 0.15) is 11.5 Å². The Labute approximate surface area is 443 Å². The van der Waals surface area contributed by atoms with Gasteiger partial charge in [0.05, 0.1) is 17.1 Å². The van der Waals surface area contributed by atoms with Gasteiger partial charge in [-0.15, -0.1) is 0 Å². The molecule has 77 heavy (non-hydrogen) atoms. The molecule has 9 nitrogen and oxygen atoms in total. The van der Waals surface area contributed by atoms with Crippen molar-refractivity contribution in [2.24, 2.45) is 0 Å². The molecule has 10 heteroatoms. The van der Waals surface area contributed by atoms with E-state index in [9.17, 15) is 5.26 Å². The van der Waals surface area contributed by atoms with E-state index in [0.717, 1.165) is 111 Å². The molecule has 15 rings (SSSR count). The molecule has 2 aliphatic heterocycles. The highest BCUT2D eigenvalue weighted by Crippen LogP contribution is 2.43. The molecule has 356 valence electrons. The molecule has 0 fully saturated rings. The van der Waals surface area contributed by atoms with Crippen LogP contribution in [0, 0.1) is 11.3 Å². The van der Waals surface area contributed by atoms with E-state index in [2.05, 4.69) is 95.6 Å². The van der Waals surface area contributed by atoms with E-state index >= 15 is 0 Å². The Morgan fingerprint density at radius 3 is 1.32 bits per heavy atom. The van der Waals surface area contributed by atoms with Crippen molar-refractivity contribution in [2.45, 2.75) is 0 Å². The van der Waals surface area contributed by atoms with Gasteiger partial charge in [0.15, 0.2) is 34.9 Å². The van der Waals surface area contributed by atoms with Crippen molar-refractivity contribution in [2.75, 3.05) is 0 Å². The van der Waals surface area contributed by atoms with Crippen molar-refractivity contribution in [3.05, 3.63) is 242 Å². The van der Waals surface area contributed by atoms with Crippen LogP contribution in [-0.4, -0.2) is 41.2 Å². The summed E-state index contributed by atoms with van der Waals surface area (Å²) < 4.78 is 9.59. The van der Waals surface area contributed by atoms with Crippen molar-refractivity contribution < 1.29 is 4.74 Å². The quantitative estimate of drug-likeness (QED) is 0.138. The zero-order valence-electron chi connectivity index (χ0n) is 41.1. The molecule has 0 aliphatic carbocycles. The number of ether oxygens (including phenoxy) is 1. The minimum atomic E-state index is -0.253. The first-order valence-electron chi connectivity index (χ1n) is 25.5. The van der Waals surface area contributed by atoms with Crippen LogP contribution in [0.3, 0.4) is 0 Å². The summed E-state index contributed by atoms with van der Waals surface area (Å²) in [6.45, 7) is -0.253. The predicted octanol–water partition coefficient (Wildman–Crippen LogP) is 13.3. The molecular formula is C67H39BN8O. The first-order valence-corrected chi connectivity index (χ1v) is 25.5. The Hall–Kier alpha value is -10.6. The van der Waals surface area contributed by atoms with Crippen LogP contribution in [0.4, 0.5) is 0 Å². The third kappa shape index (κ3) is 7.48. The van der Waals surface area contributed by atoms with E-state index in [-0.39, 0.29) is 6.71 Å². The number of hydrogen-bond donors (Lipinski definition) is 0. The Kier molecular flexibility index (Phi) is 10.2. The van der Waals surface area contributed by atoms with E-state index < -0.39 is 0 Å². The van der Waals surface area contributed by atoms with Gasteiger partial charge >= 0.3 is 0 Å². The summed E-state index contributed by atoms with van der Waals surface area (Å²) in [5, 5.41) is 11.8. The van der Waals surface area contributed by atoms with Gasteiger partial charge in [-0.05, 0) is 93.2 Å². The first kappa shape index (κ1) is 43.9. The number of benzene rings is 10. The van der Waals surface area contributed by atoms with Gasteiger partial charge < -0.3 is 9.30 Å². The molecule has 0 N–H and O–H groups in total. The lowest BCUT2D eigenvalue weighted by Crippen LogP contribution is -2.58. The van der Waals surface area contributed by atoms with Crippen LogP contribution in [0.15, 0.2) is 237 Å². The summed E-state index contributed by atoms with van der Waals surface area (Å²) in [6.07, 6.45) is 0. The van der Waals surface area contributed by atoms with Crippen molar-refractivity contribution in [3.63, 3.8) is 0 Å². The average molecular weight is 983 g/mol. The number of nitriles is 1. The summed E-state index contributed by atoms with van der Waals surface area (Å²) in [4.78, 5) is 31.1. The molecule has 0 unspecified atom stereocenters. The smallest absolute Gasteiger partial charge is 0.256 e. The highest BCUT2D eigenvalue weighted by atomic mass is 16.5. The maximum atomic E-state index is 9.78. The van der Waals surface area contributed by atoms with Crippen LogP contribution in [0.1, 0.15) is 5.56 Å². The van der Waals surface area contributed by atoms with Crippen LogP contribution in [-0.2, 0) is 0 Å². The molecule has 0 spiro atoms. The molecule has 2 aliphatic rings. The van der Waals surface area contributed by atoms with Gasteiger partial charge in [-0.1, -0.05) is 182 Å². The normalized spacial score (nSPS) is 12.0. The fourth-order valence-corrected chi connectivity index (χ4v) is 11.1. The molecule has 0 amide bonds. The van der Waals surface area contributed by atoms with Gasteiger partial charge in [0, 0.05) is 55.4 Å². The molecular weight excluding hydrogens is 944 g/mol. The summed E-state index contributed by atoms with van der Waals surface area (Å²) >= 11 is 0. The zero-order valence-corrected chi connectivity index (χ0v) is 41.1. The monoisotopic (exact) mass is 982 g/mol. The maximum Gasteiger partial charge on any atom is 0.256 e. The summed E-state index contributed by atoms with van der Waals surface area (Å²) in [6, 6.07) is 82.9. The van der Waals surface area contributed by atoms with E-state index in [1.54, 1.807) is 0 Å². The summed E-state index contributed by atoms with van der Waals surface area (Å²) in [5.74, 6) is 5.00. The molecule has 0 bridgehead atoms. The average Bonchev–Trinajstić information content (AvgIpc) is 4.04. The number of hydrogen-bond acceptors (Lipinski definition) is 8. The molecule has 5 heterocycles. The molecule has 0 radical (unpaired) electrons. The lowest BCUT2D eigenvalue weighted by molar-refractivity contribution is 0.487. The Morgan fingerprint density at radius 1 is 0.351 bits per heavy atom. The van der Waals surface area contributed by atoms with Crippen molar-refractivity contribution in [1.82, 2.24) is 34.5 Å². The fourth-order valence-electron chi connectivity index (χ4n) is 11.1. The lowest BCUT2D eigenvalue weighted by atomic mass is 9.34.